The van der Waals surface area contributed by atoms with E-state index < -0.39 is 13.0 Å². The Morgan fingerprint density at radius 1 is 1.42 bits per heavy atom. The van der Waals surface area contributed by atoms with Crippen molar-refractivity contribution in [3.63, 3.8) is 0 Å². The lowest BCUT2D eigenvalue weighted by molar-refractivity contribution is -0.0375. The van der Waals surface area contributed by atoms with Gasteiger partial charge in [0, 0.05) is 5.41 Å². The summed E-state index contributed by atoms with van der Waals surface area (Å²) in [7, 11) is 0. The SMILES string of the molecule is FC(F)COCC1(CS)CCC1. The minimum Gasteiger partial charge on any atom is -0.375 e. The monoisotopic (exact) mass is 196 g/mol. The Hall–Kier alpha value is 0.170. The summed E-state index contributed by atoms with van der Waals surface area (Å²) in [6.45, 7) is 0.0103. The topological polar surface area (TPSA) is 9.23 Å². The van der Waals surface area contributed by atoms with Gasteiger partial charge in [-0.3, -0.25) is 0 Å². The maximum Gasteiger partial charge on any atom is 0.261 e. The highest BCUT2D eigenvalue weighted by atomic mass is 32.1. The molecule has 1 aliphatic rings. The van der Waals surface area contributed by atoms with E-state index in [9.17, 15) is 8.78 Å². The lowest BCUT2D eigenvalue weighted by Gasteiger charge is -2.40. The van der Waals surface area contributed by atoms with Gasteiger partial charge in [-0.25, -0.2) is 8.78 Å². The molecule has 0 amide bonds. The lowest BCUT2D eigenvalue weighted by Crippen LogP contribution is -2.36. The van der Waals surface area contributed by atoms with E-state index in [2.05, 4.69) is 12.6 Å². The molecule has 0 bridgehead atoms. The molecule has 0 spiro atoms. The van der Waals surface area contributed by atoms with Crippen LogP contribution in [0.1, 0.15) is 19.3 Å². The molecule has 0 heterocycles. The molecule has 0 atom stereocenters. The molecule has 0 radical (unpaired) electrons. The van der Waals surface area contributed by atoms with Crippen molar-refractivity contribution in [1.82, 2.24) is 0 Å². The van der Waals surface area contributed by atoms with Gasteiger partial charge in [-0.05, 0) is 18.6 Å². The second-order valence-corrected chi connectivity index (χ2v) is 3.73. The Morgan fingerprint density at radius 2 is 2.08 bits per heavy atom. The van der Waals surface area contributed by atoms with Gasteiger partial charge < -0.3 is 4.74 Å². The summed E-state index contributed by atoms with van der Waals surface area (Å²) in [5, 5.41) is 0. The van der Waals surface area contributed by atoms with Crippen LogP contribution in [0.3, 0.4) is 0 Å². The van der Waals surface area contributed by atoms with Gasteiger partial charge >= 0.3 is 0 Å². The van der Waals surface area contributed by atoms with Gasteiger partial charge in [0.25, 0.3) is 6.43 Å². The van der Waals surface area contributed by atoms with Crippen molar-refractivity contribution in [2.75, 3.05) is 19.0 Å². The van der Waals surface area contributed by atoms with Crippen LogP contribution in [0.15, 0.2) is 0 Å². The largest absolute Gasteiger partial charge is 0.375 e. The average molecular weight is 196 g/mol. The molecule has 0 N–H and O–H groups in total. The van der Waals surface area contributed by atoms with Crippen molar-refractivity contribution in [2.24, 2.45) is 5.41 Å². The number of halogens is 2. The highest BCUT2D eigenvalue weighted by Gasteiger charge is 2.35. The third kappa shape index (κ3) is 2.59. The van der Waals surface area contributed by atoms with E-state index >= 15 is 0 Å². The molecule has 72 valence electrons. The van der Waals surface area contributed by atoms with Crippen LogP contribution >= 0.6 is 12.6 Å². The van der Waals surface area contributed by atoms with Crippen LogP contribution in [0.2, 0.25) is 0 Å². The van der Waals surface area contributed by atoms with E-state index in [0.29, 0.717) is 6.61 Å². The first-order valence-corrected chi connectivity index (χ1v) is 4.78. The number of hydrogen-bond donors (Lipinski definition) is 1. The van der Waals surface area contributed by atoms with Crippen molar-refractivity contribution >= 4 is 12.6 Å². The highest BCUT2D eigenvalue weighted by molar-refractivity contribution is 7.80. The minimum absolute atomic E-state index is 0.109. The molecule has 0 unspecified atom stereocenters. The molecule has 0 aromatic rings. The van der Waals surface area contributed by atoms with Crippen LogP contribution in [-0.2, 0) is 4.74 Å². The second-order valence-electron chi connectivity index (χ2n) is 3.42. The van der Waals surface area contributed by atoms with Crippen molar-refractivity contribution in [3.05, 3.63) is 0 Å². The Morgan fingerprint density at radius 3 is 2.42 bits per heavy atom. The normalized spacial score (nSPS) is 21.0. The maximum absolute atomic E-state index is 11.7. The van der Waals surface area contributed by atoms with Gasteiger partial charge in [0.05, 0.1) is 6.61 Å². The standard InChI is InChI=1S/C8H14F2OS/c9-7(10)4-11-5-8(6-12)2-1-3-8/h7,12H,1-6H2. The molecular formula is C8H14F2OS. The molecule has 0 aromatic heterocycles. The van der Waals surface area contributed by atoms with Crippen molar-refractivity contribution in [2.45, 2.75) is 25.7 Å². The summed E-state index contributed by atoms with van der Waals surface area (Å²) in [5.41, 5.74) is 0.109. The lowest BCUT2D eigenvalue weighted by atomic mass is 9.71. The van der Waals surface area contributed by atoms with Crippen LogP contribution < -0.4 is 0 Å². The van der Waals surface area contributed by atoms with E-state index in [1.54, 1.807) is 0 Å². The highest BCUT2D eigenvalue weighted by Crippen LogP contribution is 2.41. The zero-order valence-electron chi connectivity index (χ0n) is 6.93. The van der Waals surface area contributed by atoms with E-state index in [4.69, 9.17) is 4.74 Å². The van der Waals surface area contributed by atoms with Gasteiger partial charge in [-0.15, -0.1) is 0 Å². The maximum atomic E-state index is 11.7. The van der Waals surface area contributed by atoms with Gasteiger partial charge in [-0.2, -0.15) is 12.6 Å². The zero-order chi connectivity index (χ0) is 9.03. The Labute approximate surface area is 76.9 Å². The van der Waals surface area contributed by atoms with E-state index in [-0.39, 0.29) is 5.41 Å². The Bertz CT molecular complexity index is 132. The summed E-state index contributed by atoms with van der Waals surface area (Å²) in [6, 6.07) is 0. The number of hydrogen-bond acceptors (Lipinski definition) is 2. The third-order valence-corrected chi connectivity index (χ3v) is 3.07. The molecule has 12 heavy (non-hydrogen) atoms. The van der Waals surface area contributed by atoms with E-state index in [1.807, 2.05) is 0 Å². The molecule has 1 aliphatic carbocycles. The fraction of sp³-hybridized carbons (Fsp3) is 1.00. The molecule has 1 fully saturated rings. The summed E-state index contributed by atoms with van der Waals surface area (Å²) in [4.78, 5) is 0. The molecule has 1 saturated carbocycles. The molecule has 1 rings (SSSR count). The van der Waals surface area contributed by atoms with Crippen molar-refractivity contribution in [3.8, 4) is 0 Å². The summed E-state index contributed by atoms with van der Waals surface area (Å²) < 4.78 is 28.3. The number of ether oxygens (including phenoxy) is 1. The molecule has 4 heteroatoms. The summed E-state index contributed by atoms with van der Waals surface area (Å²) in [5.74, 6) is 0.746. The first-order chi connectivity index (χ1) is 5.68. The van der Waals surface area contributed by atoms with Crippen LogP contribution in [0.4, 0.5) is 8.78 Å². The third-order valence-electron chi connectivity index (χ3n) is 2.40. The van der Waals surface area contributed by atoms with Gasteiger partial charge in [0.1, 0.15) is 6.61 Å². The number of rotatable bonds is 5. The number of alkyl halides is 2. The van der Waals surface area contributed by atoms with Crippen LogP contribution in [0.25, 0.3) is 0 Å². The zero-order valence-corrected chi connectivity index (χ0v) is 7.83. The molecule has 0 aromatic carbocycles. The first-order valence-electron chi connectivity index (χ1n) is 4.15. The predicted molar refractivity (Wildman–Crippen MR) is 47.0 cm³/mol. The molecular weight excluding hydrogens is 182 g/mol. The van der Waals surface area contributed by atoms with Crippen molar-refractivity contribution < 1.29 is 13.5 Å². The fourth-order valence-corrected chi connectivity index (χ4v) is 1.80. The predicted octanol–water partition coefficient (Wildman–Crippen LogP) is 2.37. The van der Waals surface area contributed by atoms with Crippen LogP contribution in [0, 0.1) is 5.41 Å². The fourth-order valence-electron chi connectivity index (χ4n) is 1.39. The first kappa shape index (κ1) is 10.3. The van der Waals surface area contributed by atoms with E-state index in [0.717, 1.165) is 18.6 Å². The van der Waals surface area contributed by atoms with Crippen LogP contribution in [-0.4, -0.2) is 25.4 Å². The smallest absolute Gasteiger partial charge is 0.261 e. The quantitative estimate of drug-likeness (QED) is 0.664. The van der Waals surface area contributed by atoms with Crippen molar-refractivity contribution in [1.29, 1.82) is 0 Å². The second kappa shape index (κ2) is 4.42. The average Bonchev–Trinajstić information content (AvgIpc) is 1.94. The summed E-state index contributed by atoms with van der Waals surface area (Å²) >= 11 is 4.19. The molecule has 0 aliphatic heterocycles. The van der Waals surface area contributed by atoms with Gasteiger partial charge in [0.15, 0.2) is 0 Å². The van der Waals surface area contributed by atoms with Gasteiger partial charge in [0.2, 0.25) is 0 Å². The minimum atomic E-state index is -2.35. The molecule has 1 nitrogen and oxygen atoms in total. The molecule has 0 saturated heterocycles. The Kier molecular flexibility index (Phi) is 3.77. The number of thiol groups is 1. The summed E-state index contributed by atoms with van der Waals surface area (Å²) in [6.07, 6.45) is 0.972. The van der Waals surface area contributed by atoms with Crippen LogP contribution in [0.5, 0.6) is 0 Å². The van der Waals surface area contributed by atoms with Gasteiger partial charge in [-0.1, -0.05) is 6.42 Å². The van der Waals surface area contributed by atoms with E-state index in [1.165, 1.54) is 6.42 Å². The Balaban J connectivity index is 2.12.